The van der Waals surface area contributed by atoms with Gasteiger partial charge in [-0.25, -0.2) is 0 Å². The summed E-state index contributed by atoms with van der Waals surface area (Å²) >= 11 is 0. The summed E-state index contributed by atoms with van der Waals surface area (Å²) in [5, 5.41) is 0. The van der Waals surface area contributed by atoms with Gasteiger partial charge in [-0.15, -0.1) is 0 Å². The van der Waals surface area contributed by atoms with Gasteiger partial charge < -0.3 is 19.1 Å². The second kappa shape index (κ2) is 9.98. The lowest BCUT2D eigenvalue weighted by Crippen LogP contribution is -3.14. The molecule has 1 aromatic carbocycles. The second-order valence-electron chi connectivity index (χ2n) is 5.96. The normalized spacial score (nSPS) is 20.2. The number of esters is 1. The third-order valence-electron chi connectivity index (χ3n) is 4.15. The van der Waals surface area contributed by atoms with E-state index in [4.69, 9.17) is 14.2 Å². The third-order valence-corrected chi connectivity index (χ3v) is 4.15. The highest BCUT2D eigenvalue weighted by molar-refractivity contribution is 5.72. The van der Waals surface area contributed by atoms with E-state index in [1.165, 1.54) is 4.90 Å². The fourth-order valence-corrected chi connectivity index (χ4v) is 2.94. The zero-order chi connectivity index (χ0) is 17.2. The van der Waals surface area contributed by atoms with Gasteiger partial charge in [0.1, 0.15) is 37.2 Å². The van der Waals surface area contributed by atoms with Crippen LogP contribution in [0.1, 0.15) is 19.8 Å². The minimum absolute atomic E-state index is 0.0370. The summed E-state index contributed by atoms with van der Waals surface area (Å²) in [7, 11) is 0. The Morgan fingerprint density at radius 1 is 1.29 bits per heavy atom. The molecule has 1 N–H and O–H groups in total. The Morgan fingerprint density at radius 2 is 2.00 bits per heavy atom. The first-order valence-electron chi connectivity index (χ1n) is 8.69. The molecule has 132 valence electrons. The van der Waals surface area contributed by atoms with Gasteiger partial charge in [-0.05, 0) is 44.0 Å². The summed E-state index contributed by atoms with van der Waals surface area (Å²) in [6.45, 7) is 9.90. The zero-order valence-electron chi connectivity index (χ0n) is 14.5. The van der Waals surface area contributed by atoms with Crippen molar-refractivity contribution in [2.45, 2.75) is 19.8 Å². The highest BCUT2D eigenvalue weighted by Gasteiger charge is 2.29. The topological polar surface area (TPSA) is 49.2 Å². The summed E-state index contributed by atoms with van der Waals surface area (Å²) < 4.78 is 16.4. The molecule has 1 fully saturated rings. The van der Waals surface area contributed by atoms with Gasteiger partial charge in [0.05, 0.1) is 19.7 Å². The average Bonchev–Trinajstić information content (AvgIpc) is 2.61. The number of carbonyl (C=O) groups is 1. The van der Waals surface area contributed by atoms with E-state index < -0.39 is 0 Å². The first-order chi connectivity index (χ1) is 11.7. The molecule has 5 nitrogen and oxygen atoms in total. The first kappa shape index (κ1) is 18.3. The number of piperidine rings is 1. The fourth-order valence-electron chi connectivity index (χ4n) is 2.94. The zero-order valence-corrected chi connectivity index (χ0v) is 14.5. The van der Waals surface area contributed by atoms with Crippen LogP contribution in [-0.2, 0) is 9.53 Å². The molecular formula is C19H28NO4+. The number of likely N-dealkylation sites (tertiary alicyclic amines) is 1. The van der Waals surface area contributed by atoms with E-state index in [2.05, 4.69) is 6.58 Å². The molecular weight excluding hydrogens is 306 g/mol. The number of quaternary nitrogens is 1. The summed E-state index contributed by atoms with van der Waals surface area (Å²) in [6.07, 6.45) is 3.72. The maximum Gasteiger partial charge on any atom is 0.314 e. The molecule has 0 spiro atoms. The molecule has 1 unspecified atom stereocenters. The minimum Gasteiger partial charge on any atom is -0.490 e. The van der Waals surface area contributed by atoms with Crippen molar-refractivity contribution in [3.63, 3.8) is 0 Å². The van der Waals surface area contributed by atoms with Crippen molar-refractivity contribution < 1.29 is 23.9 Å². The van der Waals surface area contributed by atoms with Crippen LogP contribution in [-0.4, -0.2) is 45.4 Å². The maximum absolute atomic E-state index is 11.9. The van der Waals surface area contributed by atoms with Crippen molar-refractivity contribution in [3.8, 4) is 11.5 Å². The molecule has 1 aliphatic rings. The van der Waals surface area contributed by atoms with E-state index in [1.807, 2.05) is 31.2 Å². The van der Waals surface area contributed by atoms with Crippen molar-refractivity contribution in [2.24, 2.45) is 5.92 Å². The van der Waals surface area contributed by atoms with Crippen molar-refractivity contribution in [3.05, 3.63) is 36.9 Å². The van der Waals surface area contributed by atoms with Gasteiger partial charge in [0.2, 0.25) is 0 Å². The number of hydrogen-bond donors (Lipinski definition) is 1. The molecule has 0 aromatic heterocycles. The Bertz CT molecular complexity index is 515. The van der Waals surface area contributed by atoms with E-state index in [-0.39, 0.29) is 11.9 Å². The maximum atomic E-state index is 11.9. The minimum atomic E-state index is -0.0502. The van der Waals surface area contributed by atoms with Gasteiger partial charge in [-0.1, -0.05) is 12.7 Å². The molecule has 24 heavy (non-hydrogen) atoms. The lowest BCUT2D eigenvalue weighted by Gasteiger charge is -2.28. The largest absolute Gasteiger partial charge is 0.490 e. The highest BCUT2D eigenvalue weighted by Crippen LogP contribution is 2.17. The van der Waals surface area contributed by atoms with Crippen LogP contribution in [0.25, 0.3) is 0 Å². The van der Waals surface area contributed by atoms with E-state index in [1.54, 1.807) is 6.08 Å². The second-order valence-corrected chi connectivity index (χ2v) is 5.96. The number of ether oxygens (including phenoxy) is 3. The molecule has 1 heterocycles. The van der Waals surface area contributed by atoms with E-state index in [0.717, 1.165) is 44.0 Å². The summed E-state index contributed by atoms with van der Waals surface area (Å²) in [5.41, 5.74) is 0. The van der Waals surface area contributed by atoms with Crippen molar-refractivity contribution in [1.29, 1.82) is 0 Å². The van der Waals surface area contributed by atoms with Crippen LogP contribution in [0.2, 0.25) is 0 Å². The molecule has 1 aromatic rings. The Morgan fingerprint density at radius 3 is 2.67 bits per heavy atom. The predicted molar refractivity (Wildman–Crippen MR) is 92.5 cm³/mol. The van der Waals surface area contributed by atoms with Gasteiger partial charge in [0, 0.05) is 0 Å². The molecule has 1 aliphatic heterocycles. The van der Waals surface area contributed by atoms with E-state index >= 15 is 0 Å². The Kier molecular flexibility index (Phi) is 7.62. The lowest BCUT2D eigenvalue weighted by atomic mass is 9.98. The van der Waals surface area contributed by atoms with Gasteiger partial charge >= 0.3 is 5.97 Å². The molecule has 0 saturated carbocycles. The standard InChI is InChI=1S/C19H27NO4/c1-3-13-23-17-7-9-18(10-8-17)24-14-12-20-11-5-6-16(15-20)19(21)22-4-2/h3,7-10,16H,1,4-6,11-15H2,2H3/p+1/t16-/m1/s1. The first-order valence-corrected chi connectivity index (χ1v) is 8.69. The molecule has 2 rings (SSSR count). The molecule has 0 amide bonds. The van der Waals surface area contributed by atoms with Crippen molar-refractivity contribution in [1.82, 2.24) is 0 Å². The van der Waals surface area contributed by atoms with Crippen LogP contribution < -0.4 is 14.4 Å². The SMILES string of the molecule is C=CCOc1ccc(OCC[NH+]2CCC[C@@H](C(=O)OCC)C2)cc1. The van der Waals surface area contributed by atoms with Crippen molar-refractivity contribution >= 4 is 5.97 Å². The molecule has 0 radical (unpaired) electrons. The Hall–Kier alpha value is -2.01. The Balaban J connectivity index is 1.71. The van der Waals surface area contributed by atoms with E-state index in [0.29, 0.717) is 19.8 Å². The predicted octanol–water partition coefficient (Wildman–Crippen LogP) is 1.49. The monoisotopic (exact) mass is 334 g/mol. The Labute approximate surface area is 144 Å². The van der Waals surface area contributed by atoms with Crippen LogP contribution in [0.15, 0.2) is 36.9 Å². The summed E-state index contributed by atoms with van der Waals surface area (Å²) in [4.78, 5) is 13.3. The summed E-state index contributed by atoms with van der Waals surface area (Å²) in [5.74, 6) is 1.63. The fraction of sp³-hybridized carbons (Fsp3) is 0.526. The van der Waals surface area contributed by atoms with Gasteiger partial charge in [-0.3, -0.25) is 4.79 Å². The van der Waals surface area contributed by atoms with Crippen LogP contribution in [0.3, 0.4) is 0 Å². The molecule has 5 heteroatoms. The number of rotatable bonds is 9. The van der Waals surface area contributed by atoms with Gasteiger partial charge in [0.25, 0.3) is 0 Å². The van der Waals surface area contributed by atoms with E-state index in [9.17, 15) is 4.79 Å². The highest BCUT2D eigenvalue weighted by atomic mass is 16.5. The number of nitrogens with one attached hydrogen (secondary N) is 1. The molecule has 1 saturated heterocycles. The average molecular weight is 334 g/mol. The smallest absolute Gasteiger partial charge is 0.314 e. The molecule has 2 atom stereocenters. The number of carbonyl (C=O) groups excluding carboxylic acids is 1. The van der Waals surface area contributed by atoms with Crippen LogP contribution in [0.5, 0.6) is 11.5 Å². The van der Waals surface area contributed by atoms with Crippen molar-refractivity contribution in [2.75, 3.05) is 39.5 Å². The number of hydrogen-bond acceptors (Lipinski definition) is 4. The van der Waals surface area contributed by atoms with Gasteiger partial charge in [0.15, 0.2) is 0 Å². The quantitative estimate of drug-likeness (QED) is 0.549. The molecule has 0 bridgehead atoms. The third kappa shape index (κ3) is 5.89. The lowest BCUT2D eigenvalue weighted by molar-refractivity contribution is -0.907. The van der Waals surface area contributed by atoms with Crippen LogP contribution in [0, 0.1) is 5.92 Å². The van der Waals surface area contributed by atoms with Crippen LogP contribution in [0.4, 0.5) is 0 Å². The number of benzene rings is 1. The van der Waals surface area contributed by atoms with Crippen LogP contribution >= 0.6 is 0 Å². The van der Waals surface area contributed by atoms with Gasteiger partial charge in [-0.2, -0.15) is 0 Å². The molecule has 0 aliphatic carbocycles. The summed E-state index contributed by atoms with van der Waals surface area (Å²) in [6, 6.07) is 7.60.